The first-order valence-electron chi connectivity index (χ1n) is 9.42. The minimum atomic E-state index is 0.694. The number of benzene rings is 2. The third kappa shape index (κ3) is 3.09. The van der Waals surface area contributed by atoms with Crippen LogP contribution in [0.2, 0.25) is 0 Å². The number of pyridine rings is 1. The lowest BCUT2D eigenvalue weighted by Gasteiger charge is -2.11. The second kappa shape index (κ2) is 6.87. The fourth-order valence-electron chi connectivity index (χ4n) is 3.78. The summed E-state index contributed by atoms with van der Waals surface area (Å²) in [5.41, 5.74) is 7.26. The van der Waals surface area contributed by atoms with Crippen LogP contribution in [-0.4, -0.2) is 16.3 Å². The van der Waals surface area contributed by atoms with Gasteiger partial charge in [-0.05, 0) is 73.0 Å². The van der Waals surface area contributed by atoms with E-state index in [1.165, 1.54) is 10.9 Å². The minimum Gasteiger partial charge on any atom is -0.361 e. The highest BCUT2D eigenvalue weighted by molar-refractivity contribution is 7.21. The van der Waals surface area contributed by atoms with Gasteiger partial charge in [-0.3, -0.25) is 4.79 Å². The standard InChI is InChI=1S/C24H19N3OS/c1-14-9-16(13-28)11-17(10-14)23-12-19-22(6-8-26-24(19)29-23)27-20-3-4-21-18(15(20)2)5-7-25-21/h3-13,25H,1-2H3,(H,26,27). The lowest BCUT2D eigenvalue weighted by Crippen LogP contribution is -1.94. The highest BCUT2D eigenvalue weighted by Gasteiger charge is 2.12. The molecule has 0 aliphatic rings. The summed E-state index contributed by atoms with van der Waals surface area (Å²) in [4.78, 5) is 21.1. The van der Waals surface area contributed by atoms with Crippen LogP contribution in [0.5, 0.6) is 0 Å². The number of thiophene rings is 1. The molecule has 0 spiro atoms. The number of aromatic nitrogens is 2. The predicted molar refractivity (Wildman–Crippen MR) is 121 cm³/mol. The Balaban J connectivity index is 1.59. The van der Waals surface area contributed by atoms with E-state index >= 15 is 0 Å². The van der Waals surface area contributed by atoms with E-state index in [0.717, 1.165) is 49.4 Å². The number of rotatable bonds is 4. The Labute approximate surface area is 172 Å². The summed E-state index contributed by atoms with van der Waals surface area (Å²) in [7, 11) is 0. The van der Waals surface area contributed by atoms with Gasteiger partial charge in [0.05, 0.1) is 5.69 Å². The van der Waals surface area contributed by atoms with Crippen molar-refractivity contribution in [3.8, 4) is 10.4 Å². The average Bonchev–Trinajstić information content (AvgIpc) is 3.37. The number of anilines is 2. The van der Waals surface area contributed by atoms with Crippen LogP contribution in [-0.2, 0) is 0 Å². The molecule has 0 saturated carbocycles. The van der Waals surface area contributed by atoms with Gasteiger partial charge in [0.25, 0.3) is 0 Å². The van der Waals surface area contributed by atoms with Crippen molar-refractivity contribution in [1.82, 2.24) is 9.97 Å². The van der Waals surface area contributed by atoms with Crippen molar-refractivity contribution in [1.29, 1.82) is 0 Å². The molecule has 0 radical (unpaired) electrons. The summed E-state index contributed by atoms with van der Waals surface area (Å²) in [6.07, 6.45) is 4.70. The van der Waals surface area contributed by atoms with Gasteiger partial charge in [-0.2, -0.15) is 0 Å². The normalized spacial score (nSPS) is 11.2. The van der Waals surface area contributed by atoms with E-state index in [-0.39, 0.29) is 0 Å². The van der Waals surface area contributed by atoms with Crippen LogP contribution in [0.1, 0.15) is 21.5 Å². The number of fused-ring (bicyclic) bond motifs is 2. The summed E-state index contributed by atoms with van der Waals surface area (Å²) < 4.78 is 0. The molecule has 4 nitrogen and oxygen atoms in total. The van der Waals surface area contributed by atoms with Crippen LogP contribution in [0.25, 0.3) is 31.6 Å². The zero-order valence-corrected chi connectivity index (χ0v) is 16.9. The largest absolute Gasteiger partial charge is 0.361 e. The molecule has 0 amide bonds. The molecule has 0 bridgehead atoms. The Hall–Kier alpha value is -3.44. The maximum atomic E-state index is 11.3. The molecule has 142 valence electrons. The number of carbonyl (C=O) groups is 1. The highest BCUT2D eigenvalue weighted by Crippen LogP contribution is 2.38. The van der Waals surface area contributed by atoms with Crippen LogP contribution in [0, 0.1) is 13.8 Å². The molecule has 3 heterocycles. The van der Waals surface area contributed by atoms with Gasteiger partial charge < -0.3 is 10.3 Å². The molecule has 5 heteroatoms. The van der Waals surface area contributed by atoms with Gasteiger partial charge in [-0.1, -0.05) is 6.07 Å². The van der Waals surface area contributed by atoms with Crippen molar-refractivity contribution in [2.45, 2.75) is 13.8 Å². The van der Waals surface area contributed by atoms with E-state index in [1.807, 2.05) is 37.5 Å². The molecule has 0 atom stereocenters. The van der Waals surface area contributed by atoms with E-state index in [0.29, 0.717) is 5.56 Å². The second-order valence-electron chi connectivity index (χ2n) is 7.24. The van der Waals surface area contributed by atoms with Crippen molar-refractivity contribution in [3.63, 3.8) is 0 Å². The molecular formula is C24H19N3OS. The number of aryl methyl sites for hydroxylation is 2. The molecule has 2 N–H and O–H groups in total. The van der Waals surface area contributed by atoms with Crippen LogP contribution in [0.3, 0.4) is 0 Å². The summed E-state index contributed by atoms with van der Waals surface area (Å²) in [5.74, 6) is 0. The van der Waals surface area contributed by atoms with Gasteiger partial charge in [-0.25, -0.2) is 4.98 Å². The smallest absolute Gasteiger partial charge is 0.150 e. The van der Waals surface area contributed by atoms with Crippen LogP contribution < -0.4 is 5.32 Å². The Morgan fingerprint density at radius 1 is 1.00 bits per heavy atom. The summed E-state index contributed by atoms with van der Waals surface area (Å²) in [6, 6.07) is 16.4. The van der Waals surface area contributed by atoms with E-state index in [9.17, 15) is 4.79 Å². The zero-order valence-electron chi connectivity index (χ0n) is 16.1. The van der Waals surface area contributed by atoms with Gasteiger partial charge in [0.1, 0.15) is 11.1 Å². The first-order valence-corrected chi connectivity index (χ1v) is 10.2. The number of nitrogens with zero attached hydrogens (tertiary/aromatic N) is 1. The van der Waals surface area contributed by atoms with Crippen molar-refractivity contribution < 1.29 is 4.79 Å². The SMILES string of the molecule is Cc1cc(C=O)cc(-c2cc3c(Nc4ccc5[nH]ccc5c4C)ccnc3s2)c1. The van der Waals surface area contributed by atoms with Crippen molar-refractivity contribution in [2.24, 2.45) is 0 Å². The van der Waals surface area contributed by atoms with Crippen molar-refractivity contribution >= 4 is 50.1 Å². The summed E-state index contributed by atoms with van der Waals surface area (Å²) in [5, 5.41) is 5.89. The zero-order chi connectivity index (χ0) is 20.0. The van der Waals surface area contributed by atoms with Crippen molar-refractivity contribution in [2.75, 3.05) is 5.32 Å². The molecular weight excluding hydrogens is 378 g/mol. The number of nitrogens with one attached hydrogen (secondary N) is 2. The molecule has 0 aliphatic carbocycles. The highest BCUT2D eigenvalue weighted by atomic mass is 32.1. The first kappa shape index (κ1) is 17.6. The topological polar surface area (TPSA) is 57.8 Å². The quantitative estimate of drug-likeness (QED) is 0.335. The van der Waals surface area contributed by atoms with Gasteiger partial charge in [-0.15, -0.1) is 11.3 Å². The van der Waals surface area contributed by atoms with Crippen LogP contribution in [0.15, 0.2) is 60.9 Å². The number of carbonyl (C=O) groups excluding carboxylic acids is 1. The van der Waals surface area contributed by atoms with Crippen LogP contribution in [0.4, 0.5) is 11.4 Å². The molecule has 0 saturated heterocycles. The Morgan fingerprint density at radius 2 is 1.90 bits per heavy atom. The summed E-state index contributed by atoms with van der Waals surface area (Å²) >= 11 is 1.64. The number of aromatic amines is 1. The number of H-pyrrole nitrogens is 1. The molecule has 3 aromatic heterocycles. The molecule has 0 aliphatic heterocycles. The fraction of sp³-hybridized carbons (Fsp3) is 0.0833. The first-order chi connectivity index (χ1) is 14.1. The van der Waals surface area contributed by atoms with E-state index in [1.54, 1.807) is 11.3 Å². The lowest BCUT2D eigenvalue weighted by atomic mass is 10.1. The van der Waals surface area contributed by atoms with E-state index < -0.39 is 0 Å². The van der Waals surface area contributed by atoms with E-state index in [2.05, 4.69) is 52.5 Å². The van der Waals surface area contributed by atoms with Crippen molar-refractivity contribution in [3.05, 3.63) is 77.6 Å². The van der Waals surface area contributed by atoms with Gasteiger partial charge in [0.2, 0.25) is 0 Å². The molecule has 0 fully saturated rings. The lowest BCUT2D eigenvalue weighted by molar-refractivity contribution is 0.112. The third-order valence-electron chi connectivity index (χ3n) is 5.23. The second-order valence-corrected chi connectivity index (χ2v) is 8.27. The average molecular weight is 398 g/mol. The van der Waals surface area contributed by atoms with Gasteiger partial charge >= 0.3 is 0 Å². The monoisotopic (exact) mass is 397 g/mol. The molecule has 2 aromatic carbocycles. The molecule has 29 heavy (non-hydrogen) atoms. The Morgan fingerprint density at radius 3 is 2.76 bits per heavy atom. The Kier molecular flexibility index (Phi) is 4.18. The molecule has 0 unspecified atom stereocenters. The van der Waals surface area contributed by atoms with Gasteiger partial charge in [0, 0.05) is 44.8 Å². The summed E-state index contributed by atoms with van der Waals surface area (Å²) in [6.45, 7) is 4.14. The number of aldehydes is 1. The van der Waals surface area contributed by atoms with E-state index in [4.69, 9.17) is 0 Å². The molecule has 5 aromatic rings. The molecule has 5 rings (SSSR count). The third-order valence-corrected chi connectivity index (χ3v) is 6.32. The number of hydrogen-bond acceptors (Lipinski definition) is 4. The minimum absolute atomic E-state index is 0.694. The van der Waals surface area contributed by atoms with Crippen LogP contribution >= 0.6 is 11.3 Å². The predicted octanol–water partition coefficient (Wildman–Crippen LogP) is 6.62. The number of hydrogen-bond donors (Lipinski definition) is 2. The fourth-order valence-corrected chi connectivity index (χ4v) is 4.79. The Bertz CT molecular complexity index is 1380. The van der Waals surface area contributed by atoms with Gasteiger partial charge in [0.15, 0.2) is 0 Å². The maximum absolute atomic E-state index is 11.3. The maximum Gasteiger partial charge on any atom is 0.150 e.